The molecule has 1 aromatic rings. The largest absolute Gasteiger partial charge is 0.467 e. The van der Waals surface area contributed by atoms with E-state index in [-0.39, 0.29) is 6.61 Å². The van der Waals surface area contributed by atoms with E-state index in [1.54, 1.807) is 24.3 Å². The van der Waals surface area contributed by atoms with E-state index in [1.807, 2.05) is 0 Å². The quantitative estimate of drug-likeness (QED) is 0.579. The van der Waals surface area contributed by atoms with Crippen molar-refractivity contribution in [2.24, 2.45) is 0 Å². The van der Waals surface area contributed by atoms with Gasteiger partial charge in [-0.05, 0) is 12.1 Å². The lowest BCUT2D eigenvalue weighted by atomic mass is 10.5. The van der Waals surface area contributed by atoms with Gasteiger partial charge in [-0.15, -0.1) is 13.2 Å². The molecule has 0 saturated carbocycles. The fourth-order valence-electron chi connectivity index (χ4n) is 0.637. The summed E-state index contributed by atoms with van der Waals surface area (Å²) in [7, 11) is 0. The Hall–Kier alpha value is -1.32. The molecule has 0 aromatic carbocycles. The zero-order chi connectivity index (χ0) is 10.6. The van der Waals surface area contributed by atoms with Gasteiger partial charge in [0.2, 0.25) is 0 Å². The Morgan fingerprint density at radius 3 is 2.29 bits per heavy atom. The Morgan fingerprint density at radius 1 is 1.36 bits per heavy atom. The maximum atomic E-state index is 8.33. The van der Waals surface area contributed by atoms with Gasteiger partial charge >= 0.3 is 0 Å². The minimum absolute atomic E-state index is 0.00694. The van der Waals surface area contributed by atoms with E-state index in [0.717, 1.165) is 0 Å². The van der Waals surface area contributed by atoms with E-state index in [1.165, 1.54) is 6.26 Å². The van der Waals surface area contributed by atoms with E-state index in [0.29, 0.717) is 19.0 Å². The topological polar surface area (TPSA) is 42.6 Å². The standard InChI is InChI=1S/C6H10O.C5H6O2/c1-3-5-7-6-4-2;6-4-5-2-1-3-7-5/h3-4H,1-2,5-6H2;1-3,6H,4H2. The molecule has 1 heterocycles. The van der Waals surface area contributed by atoms with Crippen molar-refractivity contribution in [1.82, 2.24) is 0 Å². The number of aliphatic hydroxyl groups is 1. The number of ether oxygens (including phenoxy) is 1. The predicted octanol–water partition coefficient (Wildman–Crippen LogP) is 2.15. The summed E-state index contributed by atoms with van der Waals surface area (Å²) in [6.07, 6.45) is 4.96. The van der Waals surface area contributed by atoms with Crippen LogP contribution >= 0.6 is 0 Å². The Labute approximate surface area is 84.3 Å². The molecule has 0 radical (unpaired) electrons. The van der Waals surface area contributed by atoms with Gasteiger partial charge in [0.05, 0.1) is 19.5 Å². The Morgan fingerprint density at radius 2 is 2.00 bits per heavy atom. The van der Waals surface area contributed by atoms with E-state index < -0.39 is 0 Å². The second kappa shape index (κ2) is 9.77. The molecule has 0 saturated heterocycles. The highest BCUT2D eigenvalue weighted by atomic mass is 16.5. The SMILES string of the molecule is C=CCOCC=C.OCc1ccco1. The van der Waals surface area contributed by atoms with Crippen molar-refractivity contribution in [1.29, 1.82) is 0 Å². The summed E-state index contributed by atoms with van der Waals surface area (Å²) in [6.45, 7) is 8.17. The minimum Gasteiger partial charge on any atom is -0.467 e. The van der Waals surface area contributed by atoms with Crippen LogP contribution < -0.4 is 0 Å². The van der Waals surface area contributed by atoms with Gasteiger partial charge in [-0.1, -0.05) is 12.2 Å². The average molecular weight is 196 g/mol. The third kappa shape index (κ3) is 7.34. The van der Waals surface area contributed by atoms with Crippen molar-refractivity contribution in [3.63, 3.8) is 0 Å². The molecule has 3 nitrogen and oxygen atoms in total. The molecule has 14 heavy (non-hydrogen) atoms. The fraction of sp³-hybridized carbons (Fsp3) is 0.273. The highest BCUT2D eigenvalue weighted by Crippen LogP contribution is 1.96. The normalized spacial score (nSPS) is 8.64. The Balaban J connectivity index is 0.000000241. The molecule has 78 valence electrons. The van der Waals surface area contributed by atoms with Crippen molar-refractivity contribution >= 4 is 0 Å². The molecule has 0 bridgehead atoms. The molecule has 3 heteroatoms. The van der Waals surface area contributed by atoms with Gasteiger partial charge in [0, 0.05) is 0 Å². The van der Waals surface area contributed by atoms with Gasteiger partial charge in [0.25, 0.3) is 0 Å². The van der Waals surface area contributed by atoms with E-state index in [2.05, 4.69) is 13.2 Å². The summed E-state index contributed by atoms with van der Waals surface area (Å²) in [5.41, 5.74) is 0. The summed E-state index contributed by atoms with van der Waals surface area (Å²) >= 11 is 0. The number of hydrogen-bond acceptors (Lipinski definition) is 3. The van der Waals surface area contributed by atoms with Gasteiger partial charge in [0.1, 0.15) is 12.4 Å². The first-order chi connectivity index (χ1) is 6.85. The van der Waals surface area contributed by atoms with Crippen molar-refractivity contribution in [3.05, 3.63) is 49.5 Å². The van der Waals surface area contributed by atoms with Gasteiger partial charge < -0.3 is 14.3 Å². The van der Waals surface area contributed by atoms with Crippen molar-refractivity contribution < 1.29 is 14.3 Å². The lowest BCUT2D eigenvalue weighted by Crippen LogP contribution is -1.87. The molecule has 1 rings (SSSR count). The van der Waals surface area contributed by atoms with E-state index in [4.69, 9.17) is 14.3 Å². The number of rotatable bonds is 5. The van der Waals surface area contributed by atoms with Crippen LogP contribution in [-0.4, -0.2) is 18.3 Å². The van der Waals surface area contributed by atoms with Crippen LogP contribution in [0.1, 0.15) is 5.76 Å². The molecule has 0 spiro atoms. The maximum absolute atomic E-state index is 8.33. The van der Waals surface area contributed by atoms with Crippen LogP contribution in [0.15, 0.2) is 48.1 Å². The summed E-state index contributed by atoms with van der Waals surface area (Å²) < 4.78 is 9.63. The van der Waals surface area contributed by atoms with E-state index in [9.17, 15) is 0 Å². The van der Waals surface area contributed by atoms with Crippen molar-refractivity contribution in [3.8, 4) is 0 Å². The lowest BCUT2D eigenvalue weighted by molar-refractivity contribution is 0.194. The van der Waals surface area contributed by atoms with Crippen LogP contribution in [0.2, 0.25) is 0 Å². The first kappa shape index (κ1) is 12.7. The number of hydrogen-bond donors (Lipinski definition) is 1. The zero-order valence-corrected chi connectivity index (χ0v) is 8.19. The van der Waals surface area contributed by atoms with Gasteiger partial charge in [0.15, 0.2) is 0 Å². The van der Waals surface area contributed by atoms with E-state index >= 15 is 0 Å². The summed E-state index contributed by atoms with van der Waals surface area (Å²) in [4.78, 5) is 0. The molecule has 0 aliphatic carbocycles. The first-order valence-corrected chi connectivity index (χ1v) is 4.28. The van der Waals surface area contributed by atoms with Crippen molar-refractivity contribution in [2.45, 2.75) is 6.61 Å². The fourth-order valence-corrected chi connectivity index (χ4v) is 0.637. The number of furan rings is 1. The van der Waals surface area contributed by atoms with Crippen LogP contribution in [0, 0.1) is 0 Å². The van der Waals surface area contributed by atoms with Gasteiger partial charge in [-0.3, -0.25) is 0 Å². The van der Waals surface area contributed by atoms with Crippen molar-refractivity contribution in [2.75, 3.05) is 13.2 Å². The molecular weight excluding hydrogens is 180 g/mol. The highest BCUT2D eigenvalue weighted by Gasteiger charge is 1.85. The van der Waals surface area contributed by atoms with Gasteiger partial charge in [-0.25, -0.2) is 0 Å². The average Bonchev–Trinajstić information content (AvgIpc) is 2.72. The first-order valence-electron chi connectivity index (χ1n) is 4.28. The predicted molar refractivity (Wildman–Crippen MR) is 55.8 cm³/mol. The molecule has 0 unspecified atom stereocenters. The summed E-state index contributed by atoms with van der Waals surface area (Å²) in [5.74, 6) is 0.611. The van der Waals surface area contributed by atoms with Crippen LogP contribution in [0.3, 0.4) is 0 Å². The van der Waals surface area contributed by atoms with Crippen LogP contribution in [0.25, 0.3) is 0 Å². The number of aliphatic hydroxyl groups excluding tert-OH is 1. The molecular formula is C11H16O3. The maximum Gasteiger partial charge on any atom is 0.129 e. The molecule has 0 aliphatic heterocycles. The molecule has 0 atom stereocenters. The second-order valence-electron chi connectivity index (χ2n) is 2.35. The molecule has 0 fully saturated rings. The second-order valence-corrected chi connectivity index (χ2v) is 2.35. The third-order valence-electron chi connectivity index (χ3n) is 1.21. The molecule has 0 amide bonds. The lowest BCUT2D eigenvalue weighted by Gasteiger charge is -1.89. The zero-order valence-electron chi connectivity index (χ0n) is 8.19. The minimum atomic E-state index is -0.00694. The van der Waals surface area contributed by atoms with Crippen LogP contribution in [-0.2, 0) is 11.3 Å². The molecule has 0 aliphatic rings. The highest BCUT2D eigenvalue weighted by molar-refractivity contribution is 4.95. The van der Waals surface area contributed by atoms with Gasteiger partial charge in [-0.2, -0.15) is 0 Å². The third-order valence-corrected chi connectivity index (χ3v) is 1.21. The smallest absolute Gasteiger partial charge is 0.129 e. The molecule has 1 N–H and O–H groups in total. The summed E-state index contributed by atoms with van der Waals surface area (Å²) in [5, 5.41) is 8.33. The Kier molecular flexibility index (Phi) is 8.84. The molecule has 1 aromatic heterocycles. The van der Waals surface area contributed by atoms with Crippen LogP contribution in [0.5, 0.6) is 0 Å². The monoisotopic (exact) mass is 196 g/mol. The summed E-state index contributed by atoms with van der Waals surface area (Å²) in [6, 6.07) is 3.46. The van der Waals surface area contributed by atoms with Crippen LogP contribution in [0.4, 0.5) is 0 Å². The Bertz CT molecular complexity index is 219.